The fraction of sp³-hybridized carbons (Fsp3) is 0.857. The highest BCUT2D eigenvalue weighted by Gasteiger charge is 2.20. The maximum atomic E-state index is 10.7. The number of carbonyl (C=O) groups excluding carboxylic acids is 1. The number of nitrogens with one attached hydrogen (secondary N) is 1. The van der Waals surface area contributed by atoms with Crippen molar-refractivity contribution in [1.29, 1.82) is 0 Å². The van der Waals surface area contributed by atoms with E-state index in [9.17, 15) is 4.79 Å². The number of amides is 1. The van der Waals surface area contributed by atoms with Crippen LogP contribution in [-0.2, 0) is 4.79 Å². The van der Waals surface area contributed by atoms with Gasteiger partial charge in [-0.3, -0.25) is 4.79 Å². The van der Waals surface area contributed by atoms with Gasteiger partial charge in [-0.15, -0.1) is 0 Å². The SMILES string of the molecule is C[C@@H]1CC(=O)NC[C@@H]1C. The summed E-state index contributed by atoms with van der Waals surface area (Å²) in [7, 11) is 0. The molecule has 0 spiro atoms. The maximum Gasteiger partial charge on any atom is 0.220 e. The van der Waals surface area contributed by atoms with Crippen molar-refractivity contribution in [3.63, 3.8) is 0 Å². The lowest BCUT2D eigenvalue weighted by Crippen LogP contribution is -2.38. The predicted octanol–water partition coefficient (Wildman–Crippen LogP) is 0.778. The first-order chi connectivity index (χ1) is 4.20. The van der Waals surface area contributed by atoms with Crippen LogP contribution in [0.3, 0.4) is 0 Å². The van der Waals surface area contributed by atoms with Crippen LogP contribution in [0.15, 0.2) is 0 Å². The first kappa shape index (κ1) is 6.59. The first-order valence-corrected chi connectivity index (χ1v) is 3.47. The lowest BCUT2D eigenvalue weighted by Gasteiger charge is -2.25. The van der Waals surface area contributed by atoms with Crippen molar-refractivity contribution >= 4 is 5.91 Å². The number of hydrogen-bond acceptors (Lipinski definition) is 1. The molecule has 1 rings (SSSR count). The van der Waals surface area contributed by atoms with Crippen LogP contribution < -0.4 is 5.32 Å². The molecule has 9 heavy (non-hydrogen) atoms. The van der Waals surface area contributed by atoms with Gasteiger partial charge < -0.3 is 5.32 Å². The van der Waals surface area contributed by atoms with E-state index in [4.69, 9.17) is 0 Å². The van der Waals surface area contributed by atoms with Crippen molar-refractivity contribution in [2.24, 2.45) is 11.8 Å². The van der Waals surface area contributed by atoms with Crippen LogP contribution in [0.4, 0.5) is 0 Å². The third kappa shape index (κ3) is 1.44. The topological polar surface area (TPSA) is 29.1 Å². The van der Waals surface area contributed by atoms with Crippen LogP contribution in [0.2, 0.25) is 0 Å². The second-order valence-electron chi connectivity index (χ2n) is 2.96. The summed E-state index contributed by atoms with van der Waals surface area (Å²) in [6.07, 6.45) is 0.709. The zero-order chi connectivity index (χ0) is 6.85. The van der Waals surface area contributed by atoms with Gasteiger partial charge in [-0.05, 0) is 11.8 Å². The van der Waals surface area contributed by atoms with Crippen LogP contribution in [0, 0.1) is 11.8 Å². The van der Waals surface area contributed by atoms with E-state index in [1.807, 2.05) is 0 Å². The van der Waals surface area contributed by atoms with E-state index in [-0.39, 0.29) is 5.91 Å². The van der Waals surface area contributed by atoms with E-state index in [0.717, 1.165) is 6.54 Å². The van der Waals surface area contributed by atoms with E-state index in [0.29, 0.717) is 18.3 Å². The van der Waals surface area contributed by atoms with E-state index in [1.54, 1.807) is 0 Å². The highest BCUT2D eigenvalue weighted by Crippen LogP contribution is 2.17. The average molecular weight is 127 g/mol. The zero-order valence-corrected chi connectivity index (χ0v) is 5.98. The second kappa shape index (κ2) is 2.38. The predicted molar refractivity (Wildman–Crippen MR) is 36.0 cm³/mol. The van der Waals surface area contributed by atoms with Crippen LogP contribution in [0.5, 0.6) is 0 Å². The van der Waals surface area contributed by atoms with Gasteiger partial charge in [0.2, 0.25) is 5.91 Å². The van der Waals surface area contributed by atoms with Crippen LogP contribution in [0.25, 0.3) is 0 Å². The highest BCUT2D eigenvalue weighted by atomic mass is 16.1. The summed E-state index contributed by atoms with van der Waals surface area (Å²) in [5.41, 5.74) is 0. The Kier molecular flexibility index (Phi) is 1.74. The van der Waals surface area contributed by atoms with Crippen LogP contribution in [0.1, 0.15) is 20.3 Å². The van der Waals surface area contributed by atoms with Gasteiger partial charge in [-0.2, -0.15) is 0 Å². The molecular weight excluding hydrogens is 114 g/mol. The second-order valence-corrected chi connectivity index (χ2v) is 2.96. The maximum absolute atomic E-state index is 10.7. The van der Waals surface area contributed by atoms with Gasteiger partial charge >= 0.3 is 0 Å². The van der Waals surface area contributed by atoms with Crippen LogP contribution >= 0.6 is 0 Å². The third-order valence-corrected chi connectivity index (χ3v) is 2.10. The summed E-state index contributed by atoms with van der Waals surface area (Å²) >= 11 is 0. The van der Waals surface area contributed by atoms with Crippen molar-refractivity contribution in [2.75, 3.05) is 6.54 Å². The molecule has 0 saturated carbocycles. The monoisotopic (exact) mass is 127 g/mol. The van der Waals surface area contributed by atoms with Gasteiger partial charge in [0, 0.05) is 13.0 Å². The number of carbonyl (C=O) groups is 1. The molecule has 2 nitrogen and oxygen atoms in total. The Balaban J connectivity index is 2.44. The minimum absolute atomic E-state index is 0.209. The molecule has 0 radical (unpaired) electrons. The molecular formula is C7H13NO. The lowest BCUT2D eigenvalue weighted by atomic mass is 9.90. The van der Waals surface area contributed by atoms with Crippen molar-refractivity contribution < 1.29 is 4.79 Å². The van der Waals surface area contributed by atoms with E-state index < -0.39 is 0 Å². The van der Waals surface area contributed by atoms with Crippen molar-refractivity contribution in [2.45, 2.75) is 20.3 Å². The summed E-state index contributed by atoms with van der Waals surface area (Å²) < 4.78 is 0. The van der Waals surface area contributed by atoms with Gasteiger partial charge in [0.1, 0.15) is 0 Å². The molecule has 0 aromatic carbocycles. The Morgan fingerprint density at radius 3 is 2.56 bits per heavy atom. The Bertz CT molecular complexity index is 122. The minimum Gasteiger partial charge on any atom is -0.356 e. The standard InChI is InChI=1S/C7H13NO/c1-5-3-7(9)8-4-6(5)2/h5-6H,3-4H2,1-2H3,(H,8,9)/t5-,6+/m1/s1. The Labute approximate surface area is 55.6 Å². The van der Waals surface area contributed by atoms with Gasteiger partial charge in [-0.1, -0.05) is 13.8 Å². The summed E-state index contributed by atoms with van der Waals surface area (Å²) in [4.78, 5) is 10.7. The number of piperidine rings is 1. The van der Waals surface area contributed by atoms with Crippen molar-refractivity contribution in [3.8, 4) is 0 Å². The molecule has 2 atom stereocenters. The minimum atomic E-state index is 0.209. The average Bonchev–Trinajstić information content (AvgIpc) is 1.80. The molecule has 0 aliphatic carbocycles. The lowest BCUT2D eigenvalue weighted by molar-refractivity contribution is -0.124. The van der Waals surface area contributed by atoms with E-state index >= 15 is 0 Å². The molecule has 1 saturated heterocycles. The molecule has 1 heterocycles. The largest absolute Gasteiger partial charge is 0.356 e. The molecule has 1 N–H and O–H groups in total. The quantitative estimate of drug-likeness (QED) is 0.512. The summed E-state index contributed by atoms with van der Waals surface area (Å²) in [6.45, 7) is 5.16. The smallest absolute Gasteiger partial charge is 0.220 e. The van der Waals surface area contributed by atoms with Gasteiger partial charge in [0.15, 0.2) is 0 Å². The molecule has 52 valence electrons. The number of hydrogen-bond donors (Lipinski definition) is 1. The normalized spacial score (nSPS) is 36.0. The molecule has 0 aromatic rings. The molecule has 1 fully saturated rings. The Morgan fingerprint density at radius 1 is 1.44 bits per heavy atom. The molecule has 1 amide bonds. The third-order valence-electron chi connectivity index (χ3n) is 2.10. The van der Waals surface area contributed by atoms with Crippen molar-refractivity contribution in [3.05, 3.63) is 0 Å². The highest BCUT2D eigenvalue weighted by molar-refractivity contribution is 5.76. The Morgan fingerprint density at radius 2 is 2.11 bits per heavy atom. The first-order valence-electron chi connectivity index (χ1n) is 3.47. The Hall–Kier alpha value is -0.530. The summed E-state index contributed by atoms with van der Waals surface area (Å²) in [6, 6.07) is 0. The molecule has 1 aliphatic heterocycles. The molecule has 0 aromatic heterocycles. The van der Waals surface area contributed by atoms with Gasteiger partial charge in [0.25, 0.3) is 0 Å². The fourth-order valence-corrected chi connectivity index (χ4v) is 1.04. The summed E-state index contributed by atoms with van der Waals surface area (Å²) in [5, 5.41) is 2.82. The van der Waals surface area contributed by atoms with Crippen LogP contribution in [-0.4, -0.2) is 12.5 Å². The van der Waals surface area contributed by atoms with Crippen molar-refractivity contribution in [1.82, 2.24) is 5.32 Å². The summed E-state index contributed by atoms with van der Waals surface area (Å²) in [5.74, 6) is 1.43. The zero-order valence-electron chi connectivity index (χ0n) is 5.98. The van der Waals surface area contributed by atoms with E-state index in [1.165, 1.54) is 0 Å². The molecule has 0 unspecified atom stereocenters. The van der Waals surface area contributed by atoms with Gasteiger partial charge in [0.05, 0.1) is 0 Å². The number of rotatable bonds is 0. The van der Waals surface area contributed by atoms with Gasteiger partial charge in [-0.25, -0.2) is 0 Å². The molecule has 0 bridgehead atoms. The van der Waals surface area contributed by atoms with E-state index in [2.05, 4.69) is 19.2 Å². The fourth-order valence-electron chi connectivity index (χ4n) is 1.04. The molecule has 1 aliphatic rings. The molecule has 2 heteroatoms.